The second kappa shape index (κ2) is 12.5. The Hall–Kier alpha value is -3.20. The number of likely N-dealkylation sites (N-methyl/N-ethyl adjacent to an activating group) is 1. The molecule has 0 aliphatic carbocycles. The number of hydrogen-bond acceptors (Lipinski definition) is 5. The van der Waals surface area contributed by atoms with Crippen LogP contribution in [0.2, 0.25) is 0 Å². The minimum absolute atomic E-state index is 0.164. The molecule has 1 aromatic heterocycles. The number of nitrogens with zero attached hydrogens (tertiary/aromatic N) is 2. The first-order chi connectivity index (χ1) is 17.1. The number of urea groups is 1. The Bertz CT molecular complexity index is 1090. The van der Waals surface area contributed by atoms with Crippen LogP contribution in [0.3, 0.4) is 0 Å². The molecule has 0 radical (unpaired) electrons. The zero-order valence-corrected chi connectivity index (χ0v) is 20.9. The average Bonchev–Trinajstić information content (AvgIpc) is 3.40. The zero-order valence-electron chi connectivity index (χ0n) is 20.1. The molecule has 35 heavy (non-hydrogen) atoms. The third-order valence-corrected chi connectivity index (χ3v) is 7.05. The molecule has 1 aliphatic heterocycles. The standard InChI is InChI=1S/C27H33N5O2S/c1-31-15-16-32(25(20-31)21-8-3-2-4-9-21)14-7-13-28-27(34)30-23-11-5-10-22(18-23)26(33)29-19-24-12-6-17-35-24/h2-6,8-12,17-18,25H,7,13-16,19-20H2,1H3,(H,29,33)(H2,28,30,34). The fourth-order valence-electron chi connectivity index (χ4n) is 4.30. The number of hydrogen-bond donors (Lipinski definition) is 3. The summed E-state index contributed by atoms with van der Waals surface area (Å²) in [6, 6.07) is 21.7. The minimum Gasteiger partial charge on any atom is -0.347 e. The number of thiophene rings is 1. The van der Waals surface area contributed by atoms with E-state index in [2.05, 4.69) is 63.1 Å². The van der Waals surface area contributed by atoms with Crippen LogP contribution < -0.4 is 16.0 Å². The zero-order chi connectivity index (χ0) is 24.5. The summed E-state index contributed by atoms with van der Waals surface area (Å²) >= 11 is 1.60. The highest BCUT2D eigenvalue weighted by Gasteiger charge is 2.25. The topological polar surface area (TPSA) is 76.7 Å². The first-order valence-electron chi connectivity index (χ1n) is 12.0. The average molecular weight is 492 g/mol. The lowest BCUT2D eigenvalue weighted by Crippen LogP contribution is -2.47. The normalized spacial score (nSPS) is 16.5. The molecule has 1 fully saturated rings. The molecule has 3 aromatic rings. The maximum atomic E-state index is 12.4. The molecule has 7 nitrogen and oxygen atoms in total. The molecule has 1 saturated heterocycles. The van der Waals surface area contributed by atoms with Gasteiger partial charge in [-0.25, -0.2) is 4.79 Å². The molecule has 0 bridgehead atoms. The van der Waals surface area contributed by atoms with Gasteiger partial charge in [0.05, 0.1) is 6.54 Å². The molecule has 8 heteroatoms. The van der Waals surface area contributed by atoms with E-state index < -0.39 is 0 Å². The van der Waals surface area contributed by atoms with Gasteiger partial charge in [-0.15, -0.1) is 11.3 Å². The van der Waals surface area contributed by atoms with Gasteiger partial charge in [0.2, 0.25) is 0 Å². The summed E-state index contributed by atoms with van der Waals surface area (Å²) in [4.78, 5) is 30.8. The molecule has 3 amide bonds. The van der Waals surface area contributed by atoms with Crippen LogP contribution in [0.15, 0.2) is 72.1 Å². The molecule has 0 saturated carbocycles. The van der Waals surface area contributed by atoms with E-state index in [1.807, 2.05) is 17.5 Å². The Balaban J connectivity index is 1.21. The van der Waals surface area contributed by atoms with Crippen LogP contribution in [0, 0.1) is 0 Å². The quantitative estimate of drug-likeness (QED) is 0.393. The van der Waals surface area contributed by atoms with Crippen molar-refractivity contribution in [2.75, 3.05) is 45.1 Å². The first kappa shape index (κ1) is 24.9. The van der Waals surface area contributed by atoms with Crippen molar-refractivity contribution in [3.05, 3.63) is 88.1 Å². The van der Waals surface area contributed by atoms with Crippen LogP contribution in [-0.4, -0.2) is 61.5 Å². The highest BCUT2D eigenvalue weighted by atomic mass is 32.1. The first-order valence-corrected chi connectivity index (χ1v) is 12.9. The summed E-state index contributed by atoms with van der Waals surface area (Å²) in [5.74, 6) is -0.164. The maximum Gasteiger partial charge on any atom is 0.319 e. The van der Waals surface area contributed by atoms with Crippen LogP contribution in [0.1, 0.15) is 33.3 Å². The van der Waals surface area contributed by atoms with Crippen LogP contribution in [-0.2, 0) is 6.54 Å². The van der Waals surface area contributed by atoms with Crippen molar-refractivity contribution < 1.29 is 9.59 Å². The van der Waals surface area contributed by atoms with Gasteiger partial charge >= 0.3 is 6.03 Å². The number of carbonyl (C=O) groups is 2. The second-order valence-corrected chi connectivity index (χ2v) is 9.83. The summed E-state index contributed by atoms with van der Waals surface area (Å²) in [6.45, 7) is 5.08. The minimum atomic E-state index is -0.265. The molecule has 1 aliphatic rings. The number of benzene rings is 2. The molecule has 184 valence electrons. The number of anilines is 1. The lowest BCUT2D eigenvalue weighted by Gasteiger charge is -2.40. The fraction of sp³-hybridized carbons (Fsp3) is 0.333. The Morgan fingerprint density at radius 3 is 2.66 bits per heavy atom. The summed E-state index contributed by atoms with van der Waals surface area (Å²) in [7, 11) is 2.17. The molecule has 1 unspecified atom stereocenters. The largest absolute Gasteiger partial charge is 0.347 e. The molecule has 4 rings (SSSR count). The predicted octanol–water partition coefficient (Wildman–Crippen LogP) is 4.18. The monoisotopic (exact) mass is 491 g/mol. The summed E-state index contributed by atoms with van der Waals surface area (Å²) < 4.78 is 0. The van der Waals surface area contributed by atoms with Crippen LogP contribution in [0.5, 0.6) is 0 Å². The van der Waals surface area contributed by atoms with Crippen molar-refractivity contribution in [1.82, 2.24) is 20.4 Å². The second-order valence-electron chi connectivity index (χ2n) is 8.80. The Labute approximate surface area is 211 Å². The Kier molecular flexibility index (Phi) is 8.89. The van der Waals surface area contributed by atoms with Gasteiger partial charge in [0.25, 0.3) is 5.91 Å². The number of piperazine rings is 1. The Morgan fingerprint density at radius 1 is 1.00 bits per heavy atom. The lowest BCUT2D eigenvalue weighted by molar-refractivity contribution is 0.0890. The van der Waals surface area contributed by atoms with Crippen LogP contribution in [0.25, 0.3) is 0 Å². The van der Waals surface area contributed by atoms with Crippen LogP contribution in [0.4, 0.5) is 10.5 Å². The number of nitrogens with one attached hydrogen (secondary N) is 3. The fourth-order valence-corrected chi connectivity index (χ4v) is 4.94. The van der Waals surface area contributed by atoms with E-state index in [1.54, 1.807) is 35.6 Å². The van der Waals surface area contributed by atoms with E-state index >= 15 is 0 Å². The van der Waals surface area contributed by atoms with Gasteiger partial charge in [-0.05, 0) is 48.7 Å². The van der Waals surface area contributed by atoms with E-state index in [1.165, 1.54) is 5.56 Å². The van der Waals surface area contributed by atoms with E-state index in [0.717, 1.165) is 37.5 Å². The van der Waals surface area contributed by atoms with Gasteiger partial charge in [-0.2, -0.15) is 0 Å². The molecule has 3 N–H and O–H groups in total. The van der Waals surface area contributed by atoms with E-state index in [9.17, 15) is 9.59 Å². The smallest absolute Gasteiger partial charge is 0.319 e. The van der Waals surface area contributed by atoms with Crippen molar-refractivity contribution >= 4 is 29.0 Å². The third-order valence-electron chi connectivity index (χ3n) is 6.17. The van der Waals surface area contributed by atoms with Gasteiger partial charge in [-0.1, -0.05) is 42.5 Å². The van der Waals surface area contributed by atoms with Crippen molar-refractivity contribution in [3.63, 3.8) is 0 Å². The van der Waals surface area contributed by atoms with Gasteiger partial charge in [0.1, 0.15) is 0 Å². The number of amides is 3. The molecule has 2 heterocycles. The molecule has 2 aromatic carbocycles. The van der Waals surface area contributed by atoms with E-state index in [4.69, 9.17) is 0 Å². The highest BCUT2D eigenvalue weighted by molar-refractivity contribution is 7.09. The number of rotatable bonds is 9. The molecule has 0 spiro atoms. The molecule has 1 atom stereocenters. The van der Waals surface area contributed by atoms with Gasteiger partial charge < -0.3 is 20.9 Å². The Morgan fingerprint density at radius 2 is 1.86 bits per heavy atom. The van der Waals surface area contributed by atoms with E-state index in [-0.39, 0.29) is 11.9 Å². The van der Waals surface area contributed by atoms with Crippen molar-refractivity contribution in [1.29, 1.82) is 0 Å². The number of carbonyl (C=O) groups excluding carboxylic acids is 2. The third kappa shape index (κ3) is 7.39. The lowest BCUT2D eigenvalue weighted by atomic mass is 10.0. The maximum absolute atomic E-state index is 12.4. The van der Waals surface area contributed by atoms with Crippen LogP contribution >= 0.6 is 11.3 Å². The summed E-state index contributed by atoms with van der Waals surface area (Å²) in [5, 5.41) is 10.7. The van der Waals surface area contributed by atoms with Gasteiger partial charge in [-0.3, -0.25) is 9.69 Å². The van der Waals surface area contributed by atoms with Crippen molar-refractivity contribution in [2.24, 2.45) is 0 Å². The van der Waals surface area contributed by atoms with Gasteiger partial charge in [0.15, 0.2) is 0 Å². The SMILES string of the molecule is CN1CCN(CCCNC(=O)Nc2cccc(C(=O)NCc3cccs3)c2)C(c2ccccc2)C1. The van der Waals surface area contributed by atoms with Crippen molar-refractivity contribution in [2.45, 2.75) is 19.0 Å². The predicted molar refractivity (Wildman–Crippen MR) is 142 cm³/mol. The van der Waals surface area contributed by atoms with E-state index in [0.29, 0.717) is 30.4 Å². The molecular formula is C27H33N5O2S. The van der Waals surface area contributed by atoms with Crippen molar-refractivity contribution in [3.8, 4) is 0 Å². The summed E-state index contributed by atoms with van der Waals surface area (Å²) in [6.07, 6.45) is 0.867. The van der Waals surface area contributed by atoms with Gasteiger partial charge in [0, 0.05) is 54.9 Å². The molecular weight excluding hydrogens is 458 g/mol. The highest BCUT2D eigenvalue weighted by Crippen LogP contribution is 2.24. The summed E-state index contributed by atoms with van der Waals surface area (Å²) in [5.41, 5.74) is 2.44.